The molecule has 1 aromatic heterocycles. The third kappa shape index (κ3) is 7.45. The van der Waals surface area contributed by atoms with Crippen LogP contribution in [0.2, 0.25) is 0 Å². The average Bonchev–Trinajstić information content (AvgIpc) is 2.72. The number of morpholine rings is 1. The molecule has 0 spiro atoms. The summed E-state index contributed by atoms with van der Waals surface area (Å²) in [5, 5.41) is 2.54. The van der Waals surface area contributed by atoms with E-state index < -0.39 is 24.1 Å². The van der Waals surface area contributed by atoms with E-state index in [1.807, 2.05) is 30.3 Å². The van der Waals surface area contributed by atoms with Crippen LogP contribution in [-0.2, 0) is 20.8 Å². The second-order valence-corrected chi connectivity index (χ2v) is 7.91. The van der Waals surface area contributed by atoms with E-state index in [2.05, 4.69) is 10.3 Å². The third-order valence-electron chi connectivity index (χ3n) is 4.13. The summed E-state index contributed by atoms with van der Waals surface area (Å²) in [5.41, 5.74) is 0.416. The van der Waals surface area contributed by atoms with Crippen LogP contribution in [0.5, 0.6) is 5.75 Å². The van der Waals surface area contributed by atoms with E-state index in [1.54, 1.807) is 32.9 Å². The van der Waals surface area contributed by atoms with Gasteiger partial charge in [-0.05, 0) is 32.4 Å². The van der Waals surface area contributed by atoms with Gasteiger partial charge in [0.2, 0.25) is 6.29 Å². The first kappa shape index (κ1) is 22.4. The zero-order chi connectivity index (χ0) is 22.3. The molecule has 2 amide bonds. The summed E-state index contributed by atoms with van der Waals surface area (Å²) in [5.74, 6) is 0.828. The Morgan fingerprint density at radius 2 is 2.00 bits per heavy atom. The highest BCUT2D eigenvalue weighted by atomic mass is 16.7. The van der Waals surface area contributed by atoms with Crippen LogP contribution in [0.3, 0.4) is 0 Å². The fourth-order valence-corrected chi connectivity index (χ4v) is 2.75. The molecular formula is C22H27N3O6. The van der Waals surface area contributed by atoms with Crippen LogP contribution in [0.25, 0.3) is 0 Å². The lowest BCUT2D eigenvalue weighted by Gasteiger charge is -2.33. The van der Waals surface area contributed by atoms with Gasteiger partial charge in [0.05, 0.1) is 13.2 Å². The SMILES string of the molecule is CC(C)(C)OC(=O)N1CCOC(OC(=O)Nc2cc(OCc3ccccc3)ccn2)C1. The van der Waals surface area contributed by atoms with Gasteiger partial charge in [-0.25, -0.2) is 14.6 Å². The molecule has 1 aliphatic rings. The van der Waals surface area contributed by atoms with Crippen molar-refractivity contribution >= 4 is 18.0 Å². The first-order valence-corrected chi connectivity index (χ1v) is 9.98. The topological polar surface area (TPSA) is 99.2 Å². The Labute approximate surface area is 181 Å². The number of ether oxygens (including phenoxy) is 4. The molecule has 1 atom stereocenters. The van der Waals surface area contributed by atoms with Gasteiger partial charge in [-0.1, -0.05) is 30.3 Å². The van der Waals surface area contributed by atoms with Crippen molar-refractivity contribution in [1.82, 2.24) is 9.88 Å². The molecule has 9 heteroatoms. The fraction of sp³-hybridized carbons (Fsp3) is 0.409. The van der Waals surface area contributed by atoms with E-state index in [9.17, 15) is 9.59 Å². The predicted molar refractivity (Wildman–Crippen MR) is 113 cm³/mol. The number of amides is 2. The predicted octanol–water partition coefficient (Wildman–Crippen LogP) is 3.80. The number of aromatic nitrogens is 1. The van der Waals surface area contributed by atoms with Gasteiger partial charge in [-0.15, -0.1) is 0 Å². The van der Waals surface area contributed by atoms with Crippen molar-refractivity contribution in [3.05, 3.63) is 54.2 Å². The van der Waals surface area contributed by atoms with E-state index in [0.717, 1.165) is 5.56 Å². The smallest absolute Gasteiger partial charge is 0.415 e. The summed E-state index contributed by atoms with van der Waals surface area (Å²) in [6.07, 6.45) is -0.602. The molecule has 1 N–H and O–H groups in total. The molecule has 1 unspecified atom stereocenters. The highest BCUT2D eigenvalue weighted by Gasteiger charge is 2.30. The van der Waals surface area contributed by atoms with E-state index in [4.69, 9.17) is 18.9 Å². The number of nitrogens with one attached hydrogen (secondary N) is 1. The Hall–Kier alpha value is -3.33. The summed E-state index contributed by atoms with van der Waals surface area (Å²) >= 11 is 0. The Bertz CT molecular complexity index is 884. The first-order chi connectivity index (χ1) is 14.8. The largest absolute Gasteiger partial charge is 0.489 e. The summed E-state index contributed by atoms with van der Waals surface area (Å²) < 4.78 is 21.8. The number of anilines is 1. The molecule has 9 nitrogen and oxygen atoms in total. The lowest BCUT2D eigenvalue weighted by atomic mass is 10.2. The van der Waals surface area contributed by atoms with Gasteiger partial charge in [0.1, 0.15) is 23.8 Å². The lowest BCUT2D eigenvalue weighted by Crippen LogP contribution is -2.49. The van der Waals surface area contributed by atoms with Crippen molar-refractivity contribution in [2.75, 3.05) is 25.0 Å². The molecular weight excluding hydrogens is 402 g/mol. The monoisotopic (exact) mass is 429 g/mol. The van der Waals surface area contributed by atoms with Crippen molar-refractivity contribution in [3.63, 3.8) is 0 Å². The van der Waals surface area contributed by atoms with Gasteiger partial charge >= 0.3 is 12.2 Å². The molecule has 2 heterocycles. The maximum atomic E-state index is 12.2. The number of carbonyl (C=O) groups excluding carboxylic acids is 2. The fourth-order valence-electron chi connectivity index (χ4n) is 2.75. The number of carbonyl (C=O) groups is 2. The van der Waals surface area contributed by atoms with Gasteiger partial charge in [0, 0.05) is 18.8 Å². The highest BCUT2D eigenvalue weighted by Crippen LogP contribution is 2.18. The second kappa shape index (κ2) is 10.1. The maximum Gasteiger partial charge on any atom is 0.415 e. The standard InChI is InChI=1S/C22H27N3O6/c1-22(2,3)31-21(27)25-11-12-28-19(14-25)30-20(26)24-18-13-17(9-10-23-18)29-15-16-7-5-4-6-8-16/h4-10,13,19H,11-12,14-15H2,1-3H3,(H,23,24,26). The van der Waals surface area contributed by atoms with Crippen LogP contribution in [0, 0.1) is 0 Å². The minimum absolute atomic E-state index is 0.0794. The number of nitrogens with zero attached hydrogens (tertiary/aromatic N) is 2. The first-order valence-electron chi connectivity index (χ1n) is 9.98. The summed E-state index contributed by atoms with van der Waals surface area (Å²) in [4.78, 5) is 30.0. The van der Waals surface area contributed by atoms with Gasteiger partial charge in [0.25, 0.3) is 0 Å². The minimum atomic E-state index is -0.904. The quantitative estimate of drug-likeness (QED) is 0.772. The van der Waals surface area contributed by atoms with E-state index in [0.29, 0.717) is 18.9 Å². The summed E-state index contributed by atoms with van der Waals surface area (Å²) in [7, 11) is 0. The van der Waals surface area contributed by atoms with E-state index in [-0.39, 0.29) is 19.0 Å². The Morgan fingerprint density at radius 3 is 2.74 bits per heavy atom. The molecule has 1 aromatic carbocycles. The van der Waals surface area contributed by atoms with E-state index in [1.165, 1.54) is 11.1 Å². The minimum Gasteiger partial charge on any atom is -0.489 e. The molecule has 166 valence electrons. The van der Waals surface area contributed by atoms with Crippen molar-refractivity contribution in [2.45, 2.75) is 39.3 Å². The molecule has 1 saturated heterocycles. The van der Waals surface area contributed by atoms with Crippen molar-refractivity contribution in [2.24, 2.45) is 0 Å². The number of benzene rings is 1. The Morgan fingerprint density at radius 1 is 1.23 bits per heavy atom. The van der Waals surface area contributed by atoms with Crippen LogP contribution >= 0.6 is 0 Å². The van der Waals surface area contributed by atoms with Crippen LogP contribution in [0.4, 0.5) is 15.4 Å². The van der Waals surface area contributed by atoms with Gasteiger partial charge < -0.3 is 18.9 Å². The van der Waals surface area contributed by atoms with Gasteiger partial charge in [-0.3, -0.25) is 10.2 Å². The van der Waals surface area contributed by atoms with Gasteiger partial charge in [0.15, 0.2) is 0 Å². The summed E-state index contributed by atoms with van der Waals surface area (Å²) in [6.45, 7) is 6.44. The zero-order valence-electron chi connectivity index (χ0n) is 17.9. The van der Waals surface area contributed by atoms with Crippen LogP contribution in [0.1, 0.15) is 26.3 Å². The molecule has 1 fully saturated rings. The van der Waals surface area contributed by atoms with Crippen LogP contribution in [0.15, 0.2) is 48.7 Å². The van der Waals surface area contributed by atoms with Gasteiger partial charge in [-0.2, -0.15) is 0 Å². The lowest BCUT2D eigenvalue weighted by molar-refractivity contribution is -0.142. The van der Waals surface area contributed by atoms with Crippen molar-refractivity contribution in [1.29, 1.82) is 0 Å². The molecule has 2 aromatic rings. The molecule has 3 rings (SSSR count). The number of hydrogen-bond donors (Lipinski definition) is 1. The average molecular weight is 429 g/mol. The third-order valence-corrected chi connectivity index (χ3v) is 4.13. The zero-order valence-corrected chi connectivity index (χ0v) is 17.9. The molecule has 31 heavy (non-hydrogen) atoms. The molecule has 0 radical (unpaired) electrons. The second-order valence-electron chi connectivity index (χ2n) is 7.91. The highest BCUT2D eigenvalue weighted by molar-refractivity contribution is 5.83. The summed E-state index contributed by atoms with van der Waals surface area (Å²) in [6, 6.07) is 13.0. The maximum absolute atomic E-state index is 12.2. The molecule has 0 bridgehead atoms. The number of rotatable bonds is 5. The van der Waals surface area contributed by atoms with E-state index >= 15 is 0 Å². The molecule has 0 saturated carbocycles. The Balaban J connectivity index is 1.49. The number of hydrogen-bond acceptors (Lipinski definition) is 7. The van der Waals surface area contributed by atoms with Crippen LogP contribution < -0.4 is 10.1 Å². The van der Waals surface area contributed by atoms with Crippen molar-refractivity contribution < 1.29 is 28.5 Å². The Kier molecular flexibility index (Phi) is 7.30. The van der Waals surface area contributed by atoms with Crippen LogP contribution in [-0.4, -0.2) is 53.7 Å². The van der Waals surface area contributed by atoms with Crippen molar-refractivity contribution in [3.8, 4) is 5.75 Å². The normalized spacial score (nSPS) is 16.4. The number of pyridine rings is 1. The molecule has 1 aliphatic heterocycles. The molecule has 0 aliphatic carbocycles.